The molecule has 132 valence electrons. The molecule has 1 amide bonds. The molecule has 5 nitrogen and oxygen atoms in total. The van der Waals surface area contributed by atoms with Crippen molar-refractivity contribution in [1.29, 1.82) is 0 Å². The molecule has 0 spiro atoms. The van der Waals surface area contributed by atoms with Gasteiger partial charge in [0.05, 0.1) is 20.3 Å². The van der Waals surface area contributed by atoms with Gasteiger partial charge in [0.2, 0.25) is 5.91 Å². The van der Waals surface area contributed by atoms with Gasteiger partial charge in [-0.05, 0) is 42.8 Å². The van der Waals surface area contributed by atoms with Gasteiger partial charge < -0.3 is 19.5 Å². The molecule has 2 aromatic carbocycles. The van der Waals surface area contributed by atoms with E-state index in [2.05, 4.69) is 5.32 Å². The van der Waals surface area contributed by atoms with Gasteiger partial charge in [0, 0.05) is 6.08 Å². The maximum Gasteiger partial charge on any atom is 0.244 e. The molecule has 5 heteroatoms. The molecule has 0 atom stereocenters. The number of hydrogen-bond acceptors (Lipinski definition) is 4. The third-order valence-electron chi connectivity index (χ3n) is 3.33. The quantitative estimate of drug-likeness (QED) is 0.562. The Hall–Kier alpha value is -2.95. The lowest BCUT2D eigenvalue weighted by Gasteiger charge is -2.09. The van der Waals surface area contributed by atoms with Crippen LogP contribution in [0.1, 0.15) is 12.5 Å². The second-order valence-corrected chi connectivity index (χ2v) is 5.13. The van der Waals surface area contributed by atoms with E-state index in [4.69, 9.17) is 14.2 Å². The molecular weight excluding hydrogens is 318 g/mol. The lowest BCUT2D eigenvalue weighted by molar-refractivity contribution is -0.116. The predicted octanol–water partition coefficient (Wildman–Crippen LogP) is 3.30. The van der Waals surface area contributed by atoms with Crippen LogP contribution in [-0.4, -0.2) is 32.8 Å². The summed E-state index contributed by atoms with van der Waals surface area (Å²) in [6.45, 7) is 3.34. The van der Waals surface area contributed by atoms with E-state index in [1.54, 1.807) is 13.2 Å². The Morgan fingerprint density at radius 3 is 2.60 bits per heavy atom. The first-order valence-corrected chi connectivity index (χ1v) is 8.17. The van der Waals surface area contributed by atoms with Crippen LogP contribution in [0, 0.1) is 0 Å². The van der Waals surface area contributed by atoms with Gasteiger partial charge in [-0.25, -0.2) is 0 Å². The number of hydrogen-bond donors (Lipinski definition) is 1. The normalized spacial score (nSPS) is 10.5. The molecule has 0 unspecified atom stereocenters. The lowest BCUT2D eigenvalue weighted by Crippen LogP contribution is -2.26. The highest BCUT2D eigenvalue weighted by molar-refractivity contribution is 5.91. The largest absolute Gasteiger partial charge is 0.493 e. The van der Waals surface area contributed by atoms with Crippen molar-refractivity contribution >= 4 is 12.0 Å². The number of nitrogens with one attached hydrogen (secondary N) is 1. The van der Waals surface area contributed by atoms with E-state index >= 15 is 0 Å². The Balaban J connectivity index is 1.79. The van der Waals surface area contributed by atoms with Crippen molar-refractivity contribution < 1.29 is 19.0 Å². The van der Waals surface area contributed by atoms with E-state index in [1.165, 1.54) is 6.08 Å². The Kier molecular flexibility index (Phi) is 7.38. The van der Waals surface area contributed by atoms with Gasteiger partial charge in [-0.3, -0.25) is 4.79 Å². The van der Waals surface area contributed by atoms with Crippen LogP contribution in [0.25, 0.3) is 6.08 Å². The number of ether oxygens (including phenoxy) is 3. The summed E-state index contributed by atoms with van der Waals surface area (Å²) in [4.78, 5) is 11.8. The molecule has 2 aromatic rings. The molecule has 0 aliphatic carbocycles. The summed E-state index contributed by atoms with van der Waals surface area (Å²) in [5.74, 6) is 1.93. The maximum absolute atomic E-state index is 11.8. The second-order valence-electron chi connectivity index (χ2n) is 5.13. The molecule has 25 heavy (non-hydrogen) atoms. The molecular formula is C20H23NO4. The zero-order valence-electron chi connectivity index (χ0n) is 14.5. The summed E-state index contributed by atoms with van der Waals surface area (Å²) in [6.07, 6.45) is 3.21. The molecule has 1 N–H and O–H groups in total. The Labute approximate surface area is 148 Å². The van der Waals surface area contributed by atoms with Crippen LogP contribution < -0.4 is 19.5 Å². The number of amides is 1. The Bertz CT molecular complexity index is 698. The van der Waals surface area contributed by atoms with Crippen LogP contribution in [0.5, 0.6) is 17.2 Å². The number of carbonyl (C=O) groups is 1. The van der Waals surface area contributed by atoms with E-state index in [0.29, 0.717) is 31.3 Å². The minimum atomic E-state index is -0.176. The number of benzene rings is 2. The fraction of sp³-hybridized carbons (Fsp3) is 0.250. The van der Waals surface area contributed by atoms with Crippen molar-refractivity contribution in [2.24, 2.45) is 0 Å². The van der Waals surface area contributed by atoms with Gasteiger partial charge in [0.25, 0.3) is 0 Å². The summed E-state index contributed by atoms with van der Waals surface area (Å²) < 4.78 is 16.3. The standard InChI is InChI=1S/C20H23NO4/c1-3-24-18-11-9-16(15-19(18)23-2)10-12-20(22)21-13-14-25-17-7-5-4-6-8-17/h4-12,15H,3,13-14H2,1-2H3,(H,21,22)/b12-10+. The smallest absolute Gasteiger partial charge is 0.244 e. The van der Waals surface area contributed by atoms with Crippen molar-refractivity contribution in [2.75, 3.05) is 26.9 Å². The van der Waals surface area contributed by atoms with Crippen LogP contribution in [0.2, 0.25) is 0 Å². The Morgan fingerprint density at radius 1 is 1.08 bits per heavy atom. The van der Waals surface area contributed by atoms with Crippen LogP contribution >= 0.6 is 0 Å². The molecule has 0 radical (unpaired) electrons. The van der Waals surface area contributed by atoms with E-state index in [1.807, 2.05) is 55.5 Å². The molecule has 0 aliphatic rings. The summed E-state index contributed by atoms with van der Waals surface area (Å²) in [5, 5.41) is 2.78. The molecule has 0 heterocycles. The van der Waals surface area contributed by atoms with Gasteiger partial charge in [0.1, 0.15) is 12.4 Å². The van der Waals surface area contributed by atoms with Gasteiger partial charge in [-0.2, -0.15) is 0 Å². The van der Waals surface area contributed by atoms with E-state index in [9.17, 15) is 4.79 Å². The van der Waals surface area contributed by atoms with Gasteiger partial charge in [-0.15, -0.1) is 0 Å². The fourth-order valence-corrected chi connectivity index (χ4v) is 2.15. The molecule has 0 aromatic heterocycles. The topological polar surface area (TPSA) is 56.8 Å². The van der Waals surface area contributed by atoms with Crippen molar-refractivity contribution in [2.45, 2.75) is 6.92 Å². The van der Waals surface area contributed by atoms with Gasteiger partial charge in [-0.1, -0.05) is 24.3 Å². The zero-order chi connectivity index (χ0) is 17.9. The SMILES string of the molecule is CCOc1ccc(/C=C/C(=O)NCCOc2ccccc2)cc1OC. The van der Waals surface area contributed by atoms with Gasteiger partial charge in [0.15, 0.2) is 11.5 Å². The molecule has 0 saturated carbocycles. The highest BCUT2D eigenvalue weighted by Crippen LogP contribution is 2.28. The van der Waals surface area contributed by atoms with E-state index in [-0.39, 0.29) is 5.91 Å². The fourth-order valence-electron chi connectivity index (χ4n) is 2.15. The second kappa shape index (κ2) is 10.0. The third kappa shape index (κ3) is 6.22. The van der Waals surface area contributed by atoms with Crippen molar-refractivity contribution in [1.82, 2.24) is 5.32 Å². The molecule has 2 rings (SSSR count). The van der Waals surface area contributed by atoms with Crippen molar-refractivity contribution in [3.8, 4) is 17.2 Å². The van der Waals surface area contributed by atoms with E-state index < -0.39 is 0 Å². The van der Waals surface area contributed by atoms with Gasteiger partial charge >= 0.3 is 0 Å². The lowest BCUT2D eigenvalue weighted by atomic mass is 10.2. The monoisotopic (exact) mass is 341 g/mol. The van der Waals surface area contributed by atoms with Crippen molar-refractivity contribution in [3.63, 3.8) is 0 Å². The van der Waals surface area contributed by atoms with Crippen LogP contribution in [0.4, 0.5) is 0 Å². The number of rotatable bonds is 9. The van der Waals surface area contributed by atoms with Crippen molar-refractivity contribution in [3.05, 3.63) is 60.2 Å². The molecule has 0 bridgehead atoms. The van der Waals surface area contributed by atoms with Crippen LogP contribution in [0.15, 0.2) is 54.6 Å². The minimum Gasteiger partial charge on any atom is -0.493 e. The number of para-hydroxylation sites is 1. The zero-order valence-corrected chi connectivity index (χ0v) is 14.5. The summed E-state index contributed by atoms with van der Waals surface area (Å²) in [6, 6.07) is 15.0. The average molecular weight is 341 g/mol. The predicted molar refractivity (Wildman–Crippen MR) is 98.1 cm³/mol. The summed E-state index contributed by atoms with van der Waals surface area (Å²) in [7, 11) is 1.59. The third-order valence-corrected chi connectivity index (χ3v) is 3.33. The first-order valence-electron chi connectivity index (χ1n) is 8.17. The summed E-state index contributed by atoms with van der Waals surface area (Å²) in [5.41, 5.74) is 0.857. The average Bonchev–Trinajstić information content (AvgIpc) is 2.65. The summed E-state index contributed by atoms with van der Waals surface area (Å²) >= 11 is 0. The van der Waals surface area contributed by atoms with Crippen LogP contribution in [0.3, 0.4) is 0 Å². The first-order chi connectivity index (χ1) is 12.2. The highest BCUT2D eigenvalue weighted by Gasteiger charge is 2.04. The number of methoxy groups -OCH3 is 1. The molecule has 0 fully saturated rings. The molecule has 0 aliphatic heterocycles. The maximum atomic E-state index is 11.8. The Morgan fingerprint density at radius 2 is 1.88 bits per heavy atom. The first kappa shape index (κ1) is 18.4. The highest BCUT2D eigenvalue weighted by atomic mass is 16.5. The minimum absolute atomic E-state index is 0.176. The number of carbonyl (C=O) groups excluding carboxylic acids is 1. The molecule has 0 saturated heterocycles. The van der Waals surface area contributed by atoms with E-state index in [0.717, 1.165) is 11.3 Å². The van der Waals surface area contributed by atoms with Crippen LogP contribution in [-0.2, 0) is 4.79 Å².